The van der Waals surface area contributed by atoms with Gasteiger partial charge in [-0.05, 0) is 30.2 Å². The minimum atomic E-state index is -0.273. The fourth-order valence-corrected chi connectivity index (χ4v) is 2.98. The van der Waals surface area contributed by atoms with E-state index in [4.69, 9.17) is 17.3 Å². The molecule has 1 unspecified atom stereocenters. The standard InChI is InChI=1S/C17H27ClN6O/c1-5-11-9-20-17(22-16(19)23(2)3)24(4)15(11)13-7-6-12(18)8-14(13)21-10-25/h6-8,17,20-21,25H,5,9-10H2,1-4H3,(H2,19,22). The summed E-state index contributed by atoms with van der Waals surface area (Å²) in [7, 11) is 5.70. The molecule has 5 N–H and O–H groups in total. The molecule has 1 aliphatic heterocycles. The number of anilines is 1. The van der Waals surface area contributed by atoms with Gasteiger partial charge in [-0.25, -0.2) is 4.99 Å². The summed E-state index contributed by atoms with van der Waals surface area (Å²) in [5.41, 5.74) is 10.1. The summed E-state index contributed by atoms with van der Waals surface area (Å²) in [4.78, 5) is 8.39. The van der Waals surface area contributed by atoms with Crippen molar-refractivity contribution in [3.8, 4) is 0 Å². The van der Waals surface area contributed by atoms with Crippen LogP contribution in [0, 0.1) is 0 Å². The predicted octanol–water partition coefficient (Wildman–Crippen LogP) is 1.52. The van der Waals surface area contributed by atoms with Gasteiger partial charge >= 0.3 is 0 Å². The molecule has 8 heteroatoms. The number of halogens is 1. The predicted molar refractivity (Wildman–Crippen MR) is 104 cm³/mol. The number of rotatable bonds is 5. The molecule has 0 amide bonds. The molecule has 0 bridgehead atoms. The van der Waals surface area contributed by atoms with Crippen LogP contribution in [0.5, 0.6) is 0 Å². The molecule has 7 nitrogen and oxygen atoms in total. The van der Waals surface area contributed by atoms with Gasteiger partial charge in [-0.1, -0.05) is 18.5 Å². The summed E-state index contributed by atoms with van der Waals surface area (Å²) in [5, 5.41) is 16.3. The highest BCUT2D eigenvalue weighted by molar-refractivity contribution is 6.31. The molecule has 2 rings (SSSR count). The molecule has 0 fully saturated rings. The molecule has 1 aromatic carbocycles. The summed E-state index contributed by atoms with van der Waals surface area (Å²) < 4.78 is 0. The van der Waals surface area contributed by atoms with Crippen molar-refractivity contribution >= 4 is 28.9 Å². The topological polar surface area (TPSA) is 89.1 Å². The largest absolute Gasteiger partial charge is 0.377 e. The van der Waals surface area contributed by atoms with Crippen LogP contribution in [0.15, 0.2) is 28.8 Å². The Balaban J connectivity index is 2.49. The Hall–Kier alpha value is -1.96. The fraction of sp³-hybridized carbons (Fsp3) is 0.471. The molecular weight excluding hydrogens is 340 g/mol. The average Bonchev–Trinajstić information content (AvgIpc) is 2.57. The number of benzene rings is 1. The van der Waals surface area contributed by atoms with Crippen LogP contribution in [0.25, 0.3) is 5.70 Å². The van der Waals surface area contributed by atoms with Gasteiger partial charge in [-0.15, -0.1) is 0 Å². The van der Waals surface area contributed by atoms with E-state index in [1.807, 2.05) is 39.3 Å². The normalized spacial score (nSPS) is 18.6. The first-order chi connectivity index (χ1) is 11.9. The Morgan fingerprint density at radius 3 is 2.84 bits per heavy atom. The van der Waals surface area contributed by atoms with Gasteiger partial charge in [0.25, 0.3) is 0 Å². The zero-order valence-electron chi connectivity index (χ0n) is 15.2. The maximum Gasteiger partial charge on any atom is 0.193 e. The third-order valence-electron chi connectivity index (χ3n) is 4.20. The molecule has 25 heavy (non-hydrogen) atoms. The van der Waals surface area contributed by atoms with E-state index in [-0.39, 0.29) is 13.0 Å². The number of aliphatic imine (C=N–C) groups is 1. The SMILES string of the molecule is CCC1=C(c2ccc(Cl)cc2NCO)N(C)C(/N=C(/N)N(C)C)NC1. The van der Waals surface area contributed by atoms with Gasteiger partial charge < -0.3 is 26.0 Å². The van der Waals surface area contributed by atoms with Crippen LogP contribution in [0.2, 0.25) is 5.02 Å². The van der Waals surface area contributed by atoms with Crippen LogP contribution in [0.3, 0.4) is 0 Å². The third kappa shape index (κ3) is 4.36. The minimum Gasteiger partial charge on any atom is -0.377 e. The van der Waals surface area contributed by atoms with Crippen molar-refractivity contribution in [3.05, 3.63) is 34.4 Å². The van der Waals surface area contributed by atoms with Crippen molar-refractivity contribution in [1.82, 2.24) is 15.1 Å². The second-order valence-electron chi connectivity index (χ2n) is 6.08. The van der Waals surface area contributed by atoms with E-state index in [1.165, 1.54) is 5.57 Å². The van der Waals surface area contributed by atoms with Crippen molar-refractivity contribution in [3.63, 3.8) is 0 Å². The van der Waals surface area contributed by atoms with E-state index >= 15 is 0 Å². The van der Waals surface area contributed by atoms with Crippen molar-refractivity contribution in [1.29, 1.82) is 0 Å². The second-order valence-corrected chi connectivity index (χ2v) is 6.51. The van der Waals surface area contributed by atoms with E-state index in [2.05, 4.69) is 27.4 Å². The molecule has 0 saturated heterocycles. The number of hydrogen-bond acceptors (Lipinski definition) is 5. The second kappa shape index (κ2) is 8.42. The Labute approximate surface area is 154 Å². The fourth-order valence-electron chi connectivity index (χ4n) is 2.81. The third-order valence-corrected chi connectivity index (χ3v) is 4.43. The van der Waals surface area contributed by atoms with E-state index in [1.54, 1.807) is 4.90 Å². The highest BCUT2D eigenvalue weighted by Gasteiger charge is 2.27. The zero-order chi connectivity index (χ0) is 18.6. The minimum absolute atomic E-state index is 0.167. The highest BCUT2D eigenvalue weighted by Crippen LogP contribution is 2.34. The van der Waals surface area contributed by atoms with Gasteiger partial charge in [0, 0.05) is 49.7 Å². The van der Waals surface area contributed by atoms with E-state index in [0.29, 0.717) is 17.5 Å². The number of guanidine groups is 1. The lowest BCUT2D eigenvalue weighted by Gasteiger charge is -2.37. The van der Waals surface area contributed by atoms with Crippen molar-refractivity contribution in [2.24, 2.45) is 10.7 Å². The molecule has 138 valence electrons. The highest BCUT2D eigenvalue weighted by atomic mass is 35.5. The summed E-state index contributed by atoms with van der Waals surface area (Å²) in [6, 6.07) is 5.63. The number of aliphatic hydroxyl groups excluding tert-OH is 1. The van der Waals surface area contributed by atoms with Gasteiger partial charge in [0.05, 0.1) is 0 Å². The number of nitrogens with zero attached hydrogens (tertiary/aromatic N) is 3. The van der Waals surface area contributed by atoms with E-state index < -0.39 is 0 Å². The molecule has 0 saturated carbocycles. The first-order valence-corrected chi connectivity index (χ1v) is 8.60. The van der Waals surface area contributed by atoms with Crippen LogP contribution in [0.1, 0.15) is 18.9 Å². The monoisotopic (exact) mass is 366 g/mol. The van der Waals surface area contributed by atoms with Crippen molar-refractivity contribution < 1.29 is 5.11 Å². The zero-order valence-corrected chi connectivity index (χ0v) is 15.9. The molecule has 0 spiro atoms. The van der Waals surface area contributed by atoms with Crippen LogP contribution < -0.4 is 16.4 Å². The number of aliphatic hydroxyl groups is 1. The lowest BCUT2D eigenvalue weighted by Crippen LogP contribution is -2.48. The van der Waals surface area contributed by atoms with E-state index in [0.717, 1.165) is 23.4 Å². The Morgan fingerprint density at radius 1 is 1.52 bits per heavy atom. The Kier molecular flexibility index (Phi) is 6.52. The molecule has 1 aromatic rings. The summed E-state index contributed by atoms with van der Waals surface area (Å²) in [6.45, 7) is 2.67. The van der Waals surface area contributed by atoms with Gasteiger partial charge in [-0.2, -0.15) is 0 Å². The summed E-state index contributed by atoms with van der Waals surface area (Å²) in [5.74, 6) is 0.452. The van der Waals surface area contributed by atoms with Crippen LogP contribution in [0.4, 0.5) is 5.69 Å². The summed E-state index contributed by atoms with van der Waals surface area (Å²) >= 11 is 6.12. The average molecular weight is 367 g/mol. The van der Waals surface area contributed by atoms with Crippen LogP contribution >= 0.6 is 11.6 Å². The first-order valence-electron chi connectivity index (χ1n) is 8.22. The molecular formula is C17H27ClN6O. The van der Waals surface area contributed by atoms with Crippen molar-refractivity contribution in [2.75, 3.05) is 39.7 Å². The van der Waals surface area contributed by atoms with Gasteiger partial charge in [0.1, 0.15) is 6.73 Å². The lowest BCUT2D eigenvalue weighted by molar-refractivity contribution is 0.285. The van der Waals surface area contributed by atoms with Gasteiger partial charge in [0.2, 0.25) is 0 Å². The molecule has 0 aliphatic carbocycles. The number of nitrogens with two attached hydrogens (primary N) is 1. The first kappa shape index (κ1) is 19.4. The quantitative estimate of drug-likeness (QED) is 0.359. The van der Waals surface area contributed by atoms with E-state index in [9.17, 15) is 5.11 Å². The maximum absolute atomic E-state index is 9.31. The number of nitrogens with one attached hydrogen (secondary N) is 2. The maximum atomic E-state index is 9.31. The molecule has 1 heterocycles. The van der Waals surface area contributed by atoms with Gasteiger partial charge in [0.15, 0.2) is 12.2 Å². The molecule has 0 radical (unpaired) electrons. The Morgan fingerprint density at radius 2 is 2.24 bits per heavy atom. The molecule has 0 aromatic heterocycles. The van der Waals surface area contributed by atoms with Crippen molar-refractivity contribution in [2.45, 2.75) is 19.6 Å². The summed E-state index contributed by atoms with van der Waals surface area (Å²) in [6.07, 6.45) is 0.623. The smallest absolute Gasteiger partial charge is 0.193 e. The molecule has 1 atom stereocenters. The Bertz CT molecular complexity index is 673. The van der Waals surface area contributed by atoms with Gasteiger partial charge in [-0.3, -0.25) is 5.32 Å². The van der Waals surface area contributed by atoms with Crippen LogP contribution in [-0.4, -0.2) is 61.6 Å². The lowest BCUT2D eigenvalue weighted by atomic mass is 9.99. The molecule has 1 aliphatic rings. The number of hydrogen-bond donors (Lipinski definition) is 4. The van der Waals surface area contributed by atoms with Crippen LogP contribution in [-0.2, 0) is 0 Å².